The molecule has 1 aliphatic rings. The fourth-order valence-corrected chi connectivity index (χ4v) is 2.71. The minimum atomic E-state index is 0.0571. The van der Waals surface area contributed by atoms with Crippen LogP contribution in [0, 0.1) is 5.92 Å². The Morgan fingerprint density at radius 3 is 2.86 bits per heavy atom. The van der Waals surface area contributed by atoms with Crippen LogP contribution in [-0.2, 0) is 0 Å². The Hall–Kier alpha value is -2.43. The largest absolute Gasteiger partial charge is 0.493 e. The molecule has 0 bridgehead atoms. The van der Waals surface area contributed by atoms with Gasteiger partial charge in [0, 0.05) is 43.8 Å². The number of likely N-dealkylation sites (tertiary alicyclic amines) is 1. The molecule has 5 nitrogen and oxygen atoms in total. The number of ether oxygens (including phenoxy) is 1. The van der Waals surface area contributed by atoms with E-state index in [1.54, 1.807) is 30.9 Å². The molecular formula is C17H19N3O2. The van der Waals surface area contributed by atoms with Crippen LogP contribution in [0.3, 0.4) is 0 Å². The van der Waals surface area contributed by atoms with Crippen molar-refractivity contribution in [3.63, 3.8) is 0 Å². The van der Waals surface area contributed by atoms with Crippen molar-refractivity contribution in [3.8, 4) is 5.75 Å². The summed E-state index contributed by atoms with van der Waals surface area (Å²) in [5.74, 6) is 1.25. The van der Waals surface area contributed by atoms with Crippen LogP contribution in [0.25, 0.3) is 0 Å². The third-order valence-electron chi connectivity index (χ3n) is 3.85. The summed E-state index contributed by atoms with van der Waals surface area (Å²) in [5, 5.41) is 0. The number of piperidine rings is 1. The molecule has 1 atom stereocenters. The van der Waals surface area contributed by atoms with Crippen LogP contribution in [0.2, 0.25) is 0 Å². The van der Waals surface area contributed by atoms with Crippen molar-refractivity contribution >= 4 is 5.91 Å². The van der Waals surface area contributed by atoms with Gasteiger partial charge in [-0.25, -0.2) is 0 Å². The number of carbonyl (C=O) groups excluding carboxylic acids is 1. The van der Waals surface area contributed by atoms with Crippen molar-refractivity contribution in [1.82, 2.24) is 14.9 Å². The van der Waals surface area contributed by atoms with Gasteiger partial charge in [-0.3, -0.25) is 14.8 Å². The zero-order valence-corrected chi connectivity index (χ0v) is 12.4. The standard InChI is InChI=1S/C17H19N3O2/c21-17(15-4-1-7-19-11-15)20-10-2-3-14(12-20)13-22-16-5-8-18-9-6-16/h1,4-9,11,14H,2-3,10,12-13H2. The first kappa shape index (κ1) is 14.5. The molecule has 0 radical (unpaired) electrons. The number of carbonyl (C=O) groups is 1. The molecule has 22 heavy (non-hydrogen) atoms. The maximum Gasteiger partial charge on any atom is 0.255 e. The third-order valence-corrected chi connectivity index (χ3v) is 3.85. The second kappa shape index (κ2) is 7.02. The van der Waals surface area contributed by atoms with E-state index in [-0.39, 0.29) is 5.91 Å². The van der Waals surface area contributed by atoms with Crippen molar-refractivity contribution in [1.29, 1.82) is 0 Å². The van der Waals surface area contributed by atoms with Gasteiger partial charge in [-0.2, -0.15) is 0 Å². The van der Waals surface area contributed by atoms with Crippen LogP contribution in [0.15, 0.2) is 49.1 Å². The number of nitrogens with zero attached hydrogens (tertiary/aromatic N) is 3. The Kier molecular flexibility index (Phi) is 4.63. The van der Waals surface area contributed by atoms with Gasteiger partial charge in [-0.05, 0) is 37.1 Å². The number of rotatable bonds is 4. The first-order valence-electron chi connectivity index (χ1n) is 7.55. The summed E-state index contributed by atoms with van der Waals surface area (Å²) in [7, 11) is 0. The van der Waals surface area contributed by atoms with Gasteiger partial charge in [0.2, 0.25) is 0 Å². The first-order valence-corrected chi connectivity index (χ1v) is 7.55. The van der Waals surface area contributed by atoms with Crippen LogP contribution < -0.4 is 4.74 Å². The summed E-state index contributed by atoms with van der Waals surface area (Å²) >= 11 is 0. The van der Waals surface area contributed by atoms with E-state index < -0.39 is 0 Å². The molecule has 0 spiro atoms. The maximum absolute atomic E-state index is 12.5. The van der Waals surface area contributed by atoms with Gasteiger partial charge in [-0.15, -0.1) is 0 Å². The highest BCUT2D eigenvalue weighted by Crippen LogP contribution is 2.20. The molecule has 0 N–H and O–H groups in total. The zero-order chi connectivity index (χ0) is 15.2. The topological polar surface area (TPSA) is 55.3 Å². The van der Waals surface area contributed by atoms with Crippen molar-refractivity contribution in [3.05, 3.63) is 54.6 Å². The minimum Gasteiger partial charge on any atom is -0.493 e. The molecule has 2 aromatic rings. The molecule has 0 saturated carbocycles. The summed E-state index contributed by atoms with van der Waals surface area (Å²) in [5.41, 5.74) is 0.651. The molecule has 0 aromatic carbocycles. The van der Waals surface area contributed by atoms with Gasteiger partial charge in [0.05, 0.1) is 12.2 Å². The van der Waals surface area contributed by atoms with E-state index in [1.807, 2.05) is 23.1 Å². The molecule has 1 amide bonds. The van der Waals surface area contributed by atoms with Crippen LogP contribution in [0.5, 0.6) is 5.75 Å². The Labute approximate surface area is 130 Å². The van der Waals surface area contributed by atoms with Crippen molar-refractivity contribution in [2.75, 3.05) is 19.7 Å². The third kappa shape index (κ3) is 3.61. The minimum absolute atomic E-state index is 0.0571. The van der Waals surface area contributed by atoms with E-state index in [2.05, 4.69) is 9.97 Å². The predicted molar refractivity (Wildman–Crippen MR) is 82.6 cm³/mol. The summed E-state index contributed by atoms with van der Waals surface area (Å²) in [4.78, 5) is 22.3. The number of amides is 1. The lowest BCUT2D eigenvalue weighted by Gasteiger charge is -2.32. The smallest absolute Gasteiger partial charge is 0.255 e. The zero-order valence-electron chi connectivity index (χ0n) is 12.4. The van der Waals surface area contributed by atoms with Crippen LogP contribution in [0.4, 0.5) is 0 Å². The van der Waals surface area contributed by atoms with Crippen molar-refractivity contribution < 1.29 is 9.53 Å². The lowest BCUT2D eigenvalue weighted by molar-refractivity contribution is 0.0633. The van der Waals surface area contributed by atoms with E-state index in [0.717, 1.165) is 31.7 Å². The SMILES string of the molecule is O=C(c1cccnc1)N1CCCC(COc2ccncc2)C1. The molecule has 5 heteroatoms. The van der Waals surface area contributed by atoms with Crippen LogP contribution in [-0.4, -0.2) is 40.5 Å². The van der Waals surface area contributed by atoms with Crippen LogP contribution in [0.1, 0.15) is 23.2 Å². The monoisotopic (exact) mass is 297 g/mol. The van der Waals surface area contributed by atoms with Crippen LogP contribution >= 0.6 is 0 Å². The Morgan fingerprint density at radius 2 is 2.09 bits per heavy atom. The molecule has 3 heterocycles. The van der Waals surface area contributed by atoms with E-state index in [9.17, 15) is 4.79 Å². The van der Waals surface area contributed by atoms with Gasteiger partial charge >= 0.3 is 0 Å². The summed E-state index contributed by atoms with van der Waals surface area (Å²) < 4.78 is 5.79. The number of aromatic nitrogens is 2. The van der Waals surface area contributed by atoms with E-state index in [4.69, 9.17) is 4.74 Å². The second-order valence-electron chi connectivity index (χ2n) is 5.50. The summed E-state index contributed by atoms with van der Waals surface area (Å²) in [6.07, 6.45) is 8.83. The lowest BCUT2D eigenvalue weighted by Crippen LogP contribution is -2.41. The summed E-state index contributed by atoms with van der Waals surface area (Å²) in [6.45, 7) is 2.17. The molecule has 1 fully saturated rings. The maximum atomic E-state index is 12.5. The Bertz CT molecular complexity index is 604. The molecule has 114 valence electrons. The fraction of sp³-hybridized carbons (Fsp3) is 0.353. The highest BCUT2D eigenvalue weighted by Gasteiger charge is 2.25. The molecule has 3 rings (SSSR count). The molecule has 0 aliphatic carbocycles. The van der Waals surface area contributed by atoms with Gasteiger partial charge in [0.15, 0.2) is 0 Å². The second-order valence-corrected chi connectivity index (χ2v) is 5.50. The van der Waals surface area contributed by atoms with E-state index in [0.29, 0.717) is 18.1 Å². The summed E-state index contributed by atoms with van der Waals surface area (Å²) in [6, 6.07) is 7.30. The highest BCUT2D eigenvalue weighted by molar-refractivity contribution is 5.93. The molecular weight excluding hydrogens is 278 g/mol. The quantitative estimate of drug-likeness (QED) is 0.869. The average Bonchev–Trinajstić information content (AvgIpc) is 2.61. The van der Waals surface area contributed by atoms with Gasteiger partial charge in [-0.1, -0.05) is 0 Å². The average molecular weight is 297 g/mol. The lowest BCUT2D eigenvalue weighted by atomic mass is 9.98. The number of hydrogen-bond acceptors (Lipinski definition) is 4. The molecule has 1 unspecified atom stereocenters. The first-order chi connectivity index (χ1) is 10.8. The van der Waals surface area contributed by atoms with Crippen molar-refractivity contribution in [2.24, 2.45) is 5.92 Å². The molecule has 1 saturated heterocycles. The van der Waals surface area contributed by atoms with E-state index >= 15 is 0 Å². The highest BCUT2D eigenvalue weighted by atomic mass is 16.5. The van der Waals surface area contributed by atoms with E-state index in [1.165, 1.54) is 0 Å². The van der Waals surface area contributed by atoms with Gasteiger partial charge in [0.25, 0.3) is 5.91 Å². The predicted octanol–water partition coefficient (Wildman–Crippen LogP) is 2.41. The Morgan fingerprint density at radius 1 is 1.23 bits per heavy atom. The molecule has 1 aliphatic heterocycles. The normalized spacial score (nSPS) is 18.0. The van der Waals surface area contributed by atoms with Gasteiger partial charge < -0.3 is 9.64 Å². The fourth-order valence-electron chi connectivity index (χ4n) is 2.71. The Balaban J connectivity index is 1.56. The van der Waals surface area contributed by atoms with Crippen molar-refractivity contribution in [2.45, 2.75) is 12.8 Å². The number of hydrogen-bond donors (Lipinski definition) is 0. The number of pyridine rings is 2. The van der Waals surface area contributed by atoms with Gasteiger partial charge in [0.1, 0.15) is 5.75 Å². The molecule has 2 aromatic heterocycles.